The first-order valence-corrected chi connectivity index (χ1v) is 20.6. The van der Waals surface area contributed by atoms with Crippen molar-refractivity contribution in [3.05, 3.63) is 81.4 Å². The zero-order chi connectivity index (χ0) is 40.7. The van der Waals surface area contributed by atoms with Gasteiger partial charge in [0, 0.05) is 66.8 Å². The van der Waals surface area contributed by atoms with E-state index >= 15 is 0 Å². The van der Waals surface area contributed by atoms with Crippen LogP contribution in [0.4, 0.5) is 0 Å². The number of phenols is 2. The number of ether oxygens (including phenoxy) is 3. The number of fused-ring (bicyclic) bond motifs is 3. The highest BCUT2D eigenvalue weighted by Gasteiger charge is 2.49. The second-order valence-corrected chi connectivity index (χ2v) is 16.9. The molecule has 0 radical (unpaired) electrons. The Balaban J connectivity index is 1.45. The van der Waals surface area contributed by atoms with Crippen molar-refractivity contribution in [2.24, 2.45) is 10.8 Å². The van der Waals surface area contributed by atoms with Gasteiger partial charge in [-0.05, 0) is 39.0 Å². The van der Waals surface area contributed by atoms with E-state index in [2.05, 4.69) is 10.3 Å². The van der Waals surface area contributed by atoms with Gasteiger partial charge in [-0.1, -0.05) is 29.8 Å². The zero-order valence-electron chi connectivity index (χ0n) is 31.2. The van der Waals surface area contributed by atoms with E-state index in [1.54, 1.807) is 31.2 Å². The fourth-order valence-corrected chi connectivity index (χ4v) is 9.70. The number of hydrazone groups is 1. The van der Waals surface area contributed by atoms with Crippen LogP contribution in [0.3, 0.4) is 0 Å². The Kier molecular flexibility index (Phi) is 12.4. The number of hydrogen-bond acceptors (Lipinski definition) is 13. The van der Waals surface area contributed by atoms with Crippen molar-refractivity contribution in [3.8, 4) is 23.0 Å². The molecule has 0 amide bonds. The summed E-state index contributed by atoms with van der Waals surface area (Å²) in [7, 11) is -2.77. The van der Waals surface area contributed by atoms with E-state index in [1.807, 2.05) is 6.92 Å². The molecular formula is C38H45Cl2N4O11P. The number of nitrogens with one attached hydrogen (secondary N) is 1. The van der Waals surface area contributed by atoms with Gasteiger partial charge >= 0.3 is 7.67 Å². The van der Waals surface area contributed by atoms with E-state index in [0.717, 1.165) is 5.56 Å². The standard InChI is InChI=1S/C38H45Cl2N4O11P/c1-19-8-10-22(11-9-19)55-56(51,44(14-12-39)15-13-40)43-42-21(3)38(50)17-24-30(27(18-38)54-28-16-25(41)33(45)20(2)53-28)37(49)32-31(35(24)47)34(46)23-6-5-7-26(52-4)29(23)36(32)48/h5-11,20,25,27-28,33,45,47,49-50H,12-18,41H2,1-4H3,(H,43,51)/b42-21+. The van der Waals surface area contributed by atoms with Gasteiger partial charge in [-0.15, -0.1) is 23.2 Å². The third-order valence-electron chi connectivity index (χ3n) is 10.5. The number of phenolic OH excluding ortho intramolecular Hbond substituents is 2. The topological polar surface area (TPSA) is 223 Å². The Labute approximate surface area is 333 Å². The van der Waals surface area contributed by atoms with Crippen LogP contribution in [-0.2, 0) is 20.5 Å². The Hall–Kier alpha value is -3.76. The Morgan fingerprint density at radius 2 is 1.73 bits per heavy atom. The third kappa shape index (κ3) is 7.77. The van der Waals surface area contributed by atoms with Crippen molar-refractivity contribution in [1.82, 2.24) is 9.87 Å². The molecule has 7 atom stereocenters. The Bertz CT molecular complexity index is 2070. The molecule has 7 unspecified atom stereocenters. The van der Waals surface area contributed by atoms with E-state index in [-0.39, 0.29) is 77.2 Å². The van der Waals surface area contributed by atoms with Crippen LogP contribution in [0.1, 0.15) is 81.3 Å². The van der Waals surface area contributed by atoms with Crippen molar-refractivity contribution < 1.29 is 53.3 Å². The molecule has 1 heterocycles. The van der Waals surface area contributed by atoms with Crippen molar-refractivity contribution in [1.29, 1.82) is 0 Å². The van der Waals surface area contributed by atoms with E-state index in [1.165, 1.54) is 36.9 Å². The maximum atomic E-state index is 14.6. The molecule has 7 N–H and O–H groups in total. The summed E-state index contributed by atoms with van der Waals surface area (Å²) in [6.45, 7) is 5.15. The Morgan fingerprint density at radius 1 is 1.07 bits per heavy atom. The SMILES string of the molecule is COc1cccc2c1C(=O)c1c(O)c3c(c(O)c1C2=O)CC(O)(/C(C)=N/NP(=O)(Oc1ccc(C)cc1)N(CCCl)CCCl)CC3OC1CC(N)C(O)C(C)O1. The number of halogens is 2. The quantitative estimate of drug-likeness (QED) is 0.0354. The predicted molar refractivity (Wildman–Crippen MR) is 208 cm³/mol. The minimum atomic E-state index is -4.11. The molecule has 302 valence electrons. The van der Waals surface area contributed by atoms with Crippen LogP contribution < -0.4 is 20.2 Å². The summed E-state index contributed by atoms with van der Waals surface area (Å²) in [5.41, 5.74) is 3.89. The van der Waals surface area contributed by atoms with Gasteiger partial charge < -0.3 is 44.9 Å². The zero-order valence-corrected chi connectivity index (χ0v) is 33.6. The highest BCUT2D eigenvalue weighted by molar-refractivity contribution is 7.54. The van der Waals surface area contributed by atoms with Gasteiger partial charge in [0.1, 0.15) is 28.6 Å². The van der Waals surface area contributed by atoms with E-state index in [4.69, 9.17) is 47.7 Å². The lowest BCUT2D eigenvalue weighted by atomic mass is 9.72. The summed E-state index contributed by atoms with van der Waals surface area (Å²) >= 11 is 12.1. The maximum Gasteiger partial charge on any atom is 0.435 e. The lowest BCUT2D eigenvalue weighted by molar-refractivity contribution is -0.245. The summed E-state index contributed by atoms with van der Waals surface area (Å²) in [5.74, 6) is -2.28. The fraction of sp³-hybridized carbons (Fsp3) is 0.447. The number of ketones is 2. The minimum absolute atomic E-state index is 0.0145. The average Bonchev–Trinajstić information content (AvgIpc) is 3.16. The lowest BCUT2D eigenvalue weighted by Gasteiger charge is -2.43. The molecule has 0 saturated carbocycles. The number of nitrogens with zero attached hydrogens (tertiary/aromatic N) is 2. The molecule has 3 aromatic rings. The molecule has 3 aliphatic rings. The van der Waals surface area contributed by atoms with Crippen LogP contribution in [0.25, 0.3) is 0 Å². The van der Waals surface area contributed by atoms with Gasteiger partial charge in [0.2, 0.25) is 5.78 Å². The van der Waals surface area contributed by atoms with E-state index in [0.29, 0.717) is 0 Å². The molecular weight excluding hydrogens is 790 g/mol. The van der Waals surface area contributed by atoms with E-state index in [9.17, 15) is 34.6 Å². The largest absolute Gasteiger partial charge is 0.507 e. The summed E-state index contributed by atoms with van der Waals surface area (Å²) in [5, 5.41) is 53.8. The second-order valence-electron chi connectivity index (χ2n) is 14.1. The van der Waals surface area contributed by atoms with Crippen LogP contribution in [-0.4, -0.2) is 104 Å². The van der Waals surface area contributed by atoms with Crippen molar-refractivity contribution in [2.75, 3.05) is 32.0 Å². The van der Waals surface area contributed by atoms with Gasteiger partial charge in [0.05, 0.1) is 47.8 Å². The molecule has 0 aromatic heterocycles. The predicted octanol–water partition coefficient (Wildman–Crippen LogP) is 4.68. The number of aryl methyl sites for hydroxylation is 1. The molecule has 18 heteroatoms. The molecule has 0 spiro atoms. The number of carbonyl (C=O) groups excluding carboxylic acids is 2. The number of aliphatic hydroxyl groups is 2. The first-order chi connectivity index (χ1) is 26.6. The maximum absolute atomic E-state index is 14.6. The van der Waals surface area contributed by atoms with Crippen LogP contribution in [0.15, 0.2) is 47.6 Å². The number of hydrogen-bond donors (Lipinski definition) is 6. The van der Waals surface area contributed by atoms with Gasteiger partial charge in [-0.3, -0.25) is 9.59 Å². The van der Waals surface area contributed by atoms with Crippen molar-refractivity contribution in [3.63, 3.8) is 0 Å². The van der Waals surface area contributed by atoms with Crippen molar-refractivity contribution in [2.45, 2.75) is 76.3 Å². The molecule has 6 rings (SSSR count). The third-order valence-corrected chi connectivity index (χ3v) is 12.8. The summed E-state index contributed by atoms with van der Waals surface area (Å²) in [6.07, 6.45) is -4.89. The lowest BCUT2D eigenvalue weighted by Crippen LogP contribution is -2.52. The molecule has 3 aromatic carbocycles. The molecule has 56 heavy (non-hydrogen) atoms. The first kappa shape index (κ1) is 41.9. The molecule has 1 aliphatic heterocycles. The minimum Gasteiger partial charge on any atom is -0.507 e. The molecule has 2 aliphatic carbocycles. The first-order valence-electron chi connectivity index (χ1n) is 18.0. The highest BCUT2D eigenvalue weighted by atomic mass is 35.5. The number of aromatic hydroxyl groups is 2. The number of rotatable bonds is 13. The number of alkyl halides is 2. The number of nitrogens with two attached hydrogens (primary N) is 1. The number of aliphatic hydroxyl groups excluding tert-OH is 1. The number of benzene rings is 3. The fourth-order valence-electron chi connectivity index (χ4n) is 7.36. The van der Waals surface area contributed by atoms with Crippen LogP contribution in [0, 0.1) is 6.92 Å². The molecule has 1 saturated heterocycles. The normalized spacial score (nSPS) is 25.9. The van der Waals surface area contributed by atoms with Gasteiger partial charge in [0.15, 0.2) is 12.1 Å². The Morgan fingerprint density at radius 3 is 2.36 bits per heavy atom. The highest BCUT2D eigenvalue weighted by Crippen LogP contribution is 2.53. The summed E-state index contributed by atoms with van der Waals surface area (Å²) < 4.78 is 39.7. The van der Waals surface area contributed by atoms with Gasteiger partial charge in [-0.25, -0.2) is 14.4 Å². The van der Waals surface area contributed by atoms with Gasteiger partial charge in [0.25, 0.3) is 0 Å². The number of methoxy groups -OCH3 is 1. The van der Waals surface area contributed by atoms with Crippen LogP contribution in [0.5, 0.6) is 23.0 Å². The van der Waals surface area contributed by atoms with Crippen LogP contribution in [0.2, 0.25) is 0 Å². The second kappa shape index (κ2) is 16.6. The van der Waals surface area contributed by atoms with Crippen LogP contribution >= 0.6 is 30.9 Å². The smallest absolute Gasteiger partial charge is 0.435 e. The monoisotopic (exact) mass is 834 g/mol. The molecule has 1 fully saturated rings. The summed E-state index contributed by atoms with van der Waals surface area (Å²) in [4.78, 5) is 28.1. The van der Waals surface area contributed by atoms with Crippen molar-refractivity contribution >= 4 is 48.2 Å². The average molecular weight is 836 g/mol. The number of carbonyl (C=O) groups is 2. The molecule has 0 bridgehead atoms. The van der Waals surface area contributed by atoms with E-state index < -0.39 is 84.5 Å². The summed E-state index contributed by atoms with van der Waals surface area (Å²) in [6, 6.07) is 10.5. The van der Waals surface area contributed by atoms with Gasteiger partial charge in [-0.2, -0.15) is 5.10 Å². The molecule has 15 nitrogen and oxygen atoms in total.